The standard InChI is InChI=1S/C17H13Cl2N3OS2/c1-3-6-22(16(23)15-10(2)20-9-25-15)17-21-14(8-24-17)11-4-5-12(18)13(19)7-11/h3-5,7-9H,1,6H2,2H3. The van der Waals surface area contributed by atoms with E-state index in [1.165, 1.54) is 22.7 Å². The molecular formula is C17H13Cl2N3OS2. The summed E-state index contributed by atoms with van der Waals surface area (Å²) in [7, 11) is 0. The molecule has 3 rings (SSSR count). The van der Waals surface area contributed by atoms with Gasteiger partial charge in [0.15, 0.2) is 5.13 Å². The van der Waals surface area contributed by atoms with Crippen molar-refractivity contribution >= 4 is 56.9 Å². The van der Waals surface area contributed by atoms with Gasteiger partial charge in [-0.25, -0.2) is 9.97 Å². The molecule has 2 heterocycles. The number of carbonyl (C=O) groups is 1. The van der Waals surface area contributed by atoms with Crippen molar-refractivity contribution in [3.63, 3.8) is 0 Å². The fourth-order valence-corrected chi connectivity index (χ4v) is 4.07. The second-order valence-corrected chi connectivity index (χ2v) is 7.62. The van der Waals surface area contributed by atoms with E-state index < -0.39 is 0 Å². The van der Waals surface area contributed by atoms with Crippen molar-refractivity contribution in [3.8, 4) is 11.3 Å². The fraction of sp³-hybridized carbons (Fsp3) is 0.118. The quantitative estimate of drug-likeness (QED) is 0.506. The molecule has 0 N–H and O–H groups in total. The number of halogens is 2. The minimum Gasteiger partial charge on any atom is -0.279 e. The number of rotatable bonds is 5. The summed E-state index contributed by atoms with van der Waals surface area (Å²) in [5, 5.41) is 3.44. The molecule has 2 aromatic heterocycles. The van der Waals surface area contributed by atoms with Crippen molar-refractivity contribution in [3.05, 3.63) is 62.4 Å². The Morgan fingerprint density at radius 2 is 2.12 bits per heavy atom. The molecule has 0 aliphatic carbocycles. The van der Waals surface area contributed by atoms with E-state index in [1.54, 1.807) is 28.6 Å². The van der Waals surface area contributed by atoms with Crippen LogP contribution in [0.15, 0.2) is 41.7 Å². The van der Waals surface area contributed by atoms with E-state index in [-0.39, 0.29) is 5.91 Å². The highest BCUT2D eigenvalue weighted by Crippen LogP contribution is 2.32. The van der Waals surface area contributed by atoms with Gasteiger partial charge in [0.25, 0.3) is 5.91 Å². The average Bonchev–Trinajstić information content (AvgIpc) is 3.23. The molecule has 0 aliphatic heterocycles. The molecule has 8 heteroatoms. The molecule has 0 radical (unpaired) electrons. The van der Waals surface area contributed by atoms with Gasteiger partial charge >= 0.3 is 0 Å². The molecule has 0 fully saturated rings. The monoisotopic (exact) mass is 409 g/mol. The number of carbonyl (C=O) groups excluding carboxylic acids is 1. The van der Waals surface area contributed by atoms with Crippen LogP contribution in [0.2, 0.25) is 10.0 Å². The summed E-state index contributed by atoms with van der Waals surface area (Å²) in [6.07, 6.45) is 1.68. The second kappa shape index (κ2) is 7.66. The molecule has 25 heavy (non-hydrogen) atoms. The van der Waals surface area contributed by atoms with Crippen molar-refractivity contribution in [1.29, 1.82) is 0 Å². The van der Waals surface area contributed by atoms with Gasteiger partial charge in [0.1, 0.15) is 4.88 Å². The largest absolute Gasteiger partial charge is 0.279 e. The van der Waals surface area contributed by atoms with Crippen molar-refractivity contribution < 1.29 is 4.79 Å². The third kappa shape index (κ3) is 3.77. The van der Waals surface area contributed by atoms with Crippen molar-refractivity contribution in [1.82, 2.24) is 9.97 Å². The normalized spacial score (nSPS) is 10.7. The number of aromatic nitrogens is 2. The number of aryl methyl sites for hydroxylation is 1. The molecule has 4 nitrogen and oxygen atoms in total. The van der Waals surface area contributed by atoms with Crippen molar-refractivity contribution in [2.24, 2.45) is 0 Å². The molecule has 0 atom stereocenters. The smallest absolute Gasteiger partial charge is 0.272 e. The number of anilines is 1. The first-order valence-electron chi connectivity index (χ1n) is 7.25. The van der Waals surface area contributed by atoms with Crippen molar-refractivity contribution in [2.75, 3.05) is 11.4 Å². The van der Waals surface area contributed by atoms with E-state index in [4.69, 9.17) is 23.2 Å². The number of nitrogens with zero attached hydrogens (tertiary/aromatic N) is 3. The maximum absolute atomic E-state index is 12.8. The van der Waals surface area contributed by atoms with Gasteiger partial charge in [-0.15, -0.1) is 29.3 Å². The Morgan fingerprint density at radius 1 is 1.32 bits per heavy atom. The highest BCUT2D eigenvalue weighted by molar-refractivity contribution is 7.14. The molecule has 128 valence electrons. The van der Waals surface area contributed by atoms with Gasteiger partial charge < -0.3 is 0 Å². The van der Waals surface area contributed by atoms with Gasteiger partial charge in [-0.2, -0.15) is 0 Å². The van der Waals surface area contributed by atoms with E-state index in [9.17, 15) is 4.79 Å². The highest BCUT2D eigenvalue weighted by atomic mass is 35.5. The first kappa shape index (κ1) is 18.1. The Balaban J connectivity index is 1.94. The summed E-state index contributed by atoms with van der Waals surface area (Å²) in [5.74, 6) is -0.130. The van der Waals surface area contributed by atoms with Gasteiger partial charge in [0, 0.05) is 17.5 Å². The number of hydrogen-bond acceptors (Lipinski definition) is 5. The van der Waals surface area contributed by atoms with Crippen LogP contribution in [0, 0.1) is 6.92 Å². The molecule has 0 saturated carbocycles. The Morgan fingerprint density at radius 3 is 2.76 bits per heavy atom. The lowest BCUT2D eigenvalue weighted by Crippen LogP contribution is -2.30. The Hall–Kier alpha value is -1.73. The van der Waals surface area contributed by atoms with Crippen LogP contribution in [-0.4, -0.2) is 22.4 Å². The lowest BCUT2D eigenvalue weighted by molar-refractivity contribution is 0.0993. The number of thiazole rings is 2. The zero-order valence-corrected chi connectivity index (χ0v) is 16.3. The van der Waals surface area contributed by atoms with Crippen molar-refractivity contribution in [2.45, 2.75) is 6.92 Å². The summed E-state index contributed by atoms with van der Waals surface area (Å²) in [6, 6.07) is 5.33. The first-order valence-corrected chi connectivity index (χ1v) is 9.76. The van der Waals surface area contributed by atoms with Crippen LogP contribution >= 0.6 is 45.9 Å². The van der Waals surface area contributed by atoms with Crippen LogP contribution in [0.25, 0.3) is 11.3 Å². The maximum atomic E-state index is 12.8. The highest BCUT2D eigenvalue weighted by Gasteiger charge is 2.23. The van der Waals surface area contributed by atoms with E-state index in [2.05, 4.69) is 16.5 Å². The molecule has 1 amide bonds. The van der Waals surface area contributed by atoms with Gasteiger partial charge in [0.05, 0.1) is 26.9 Å². The van der Waals surface area contributed by atoms with Crippen LogP contribution in [-0.2, 0) is 0 Å². The van der Waals surface area contributed by atoms with Gasteiger partial charge in [-0.1, -0.05) is 35.3 Å². The minimum absolute atomic E-state index is 0.130. The fourth-order valence-electron chi connectivity index (χ4n) is 2.18. The van der Waals surface area contributed by atoms with Crippen LogP contribution in [0.1, 0.15) is 15.4 Å². The van der Waals surface area contributed by atoms with E-state index in [0.717, 1.165) is 11.3 Å². The molecule has 3 aromatic rings. The SMILES string of the molecule is C=CCN(C(=O)c1scnc1C)c1nc(-c2ccc(Cl)c(Cl)c2)cs1. The molecule has 1 aromatic carbocycles. The van der Waals surface area contributed by atoms with Gasteiger partial charge in [-0.05, 0) is 19.1 Å². The average molecular weight is 410 g/mol. The second-order valence-electron chi connectivity index (χ2n) is 5.12. The summed E-state index contributed by atoms with van der Waals surface area (Å²) in [5.41, 5.74) is 3.96. The van der Waals surface area contributed by atoms with E-state index in [0.29, 0.717) is 32.3 Å². The molecular weight excluding hydrogens is 397 g/mol. The zero-order valence-electron chi connectivity index (χ0n) is 13.2. The summed E-state index contributed by atoms with van der Waals surface area (Å²) >= 11 is 14.7. The summed E-state index contributed by atoms with van der Waals surface area (Å²) < 4.78 is 0. The topological polar surface area (TPSA) is 46.1 Å². The lowest BCUT2D eigenvalue weighted by atomic mass is 10.2. The molecule has 0 unspecified atom stereocenters. The zero-order chi connectivity index (χ0) is 18.0. The van der Waals surface area contributed by atoms with Crippen LogP contribution in [0.4, 0.5) is 5.13 Å². The summed E-state index contributed by atoms with van der Waals surface area (Å²) in [4.78, 5) is 23.8. The van der Waals surface area contributed by atoms with Crippen LogP contribution in [0.3, 0.4) is 0 Å². The summed E-state index contributed by atoms with van der Waals surface area (Å²) in [6.45, 7) is 5.92. The lowest BCUT2D eigenvalue weighted by Gasteiger charge is -2.17. The Kier molecular flexibility index (Phi) is 5.54. The Bertz CT molecular complexity index is 936. The first-order chi connectivity index (χ1) is 12.0. The molecule has 0 saturated heterocycles. The predicted molar refractivity (Wildman–Crippen MR) is 106 cm³/mol. The number of amides is 1. The molecule has 0 aliphatic rings. The third-order valence-corrected chi connectivity index (χ3v) is 5.95. The van der Waals surface area contributed by atoms with Gasteiger partial charge in [-0.3, -0.25) is 9.69 Å². The Labute approximate surface area is 163 Å². The third-order valence-electron chi connectivity index (χ3n) is 3.43. The molecule has 0 spiro atoms. The van der Waals surface area contributed by atoms with E-state index >= 15 is 0 Å². The predicted octanol–water partition coefficient (Wildman–Crippen LogP) is 5.71. The minimum atomic E-state index is -0.130. The van der Waals surface area contributed by atoms with E-state index in [1.807, 2.05) is 18.4 Å². The van der Waals surface area contributed by atoms with Crippen LogP contribution in [0.5, 0.6) is 0 Å². The number of hydrogen-bond donors (Lipinski definition) is 0. The van der Waals surface area contributed by atoms with Gasteiger partial charge in [0.2, 0.25) is 0 Å². The molecule has 0 bridgehead atoms. The van der Waals surface area contributed by atoms with Crippen LogP contribution < -0.4 is 4.90 Å². The maximum Gasteiger partial charge on any atom is 0.272 e. The number of benzene rings is 1.